The largest absolute Gasteiger partial charge is 0.482 e. The summed E-state index contributed by atoms with van der Waals surface area (Å²) in [6, 6.07) is 2.60. The number of rotatable bonds is 5. The van der Waals surface area contributed by atoms with Crippen molar-refractivity contribution < 1.29 is 17.9 Å². The predicted octanol–water partition coefficient (Wildman–Crippen LogP) is 2.92. The van der Waals surface area contributed by atoms with Gasteiger partial charge in [0.25, 0.3) is 15.0 Å². The first-order chi connectivity index (χ1) is 9.70. The number of hydrogen-bond acceptors (Lipinski definition) is 4. The highest BCUT2D eigenvalue weighted by Crippen LogP contribution is 2.35. The van der Waals surface area contributed by atoms with Crippen LogP contribution in [0.4, 0.5) is 0 Å². The van der Waals surface area contributed by atoms with Crippen LogP contribution in [0.3, 0.4) is 0 Å². The van der Waals surface area contributed by atoms with Crippen LogP contribution in [0.5, 0.6) is 5.75 Å². The summed E-state index contributed by atoms with van der Waals surface area (Å²) in [6.45, 7) is -0.198. The highest BCUT2D eigenvalue weighted by molar-refractivity contribution is 8.13. The SMILES string of the molecule is CN(C(=O)COc1cc(Cl)c(S(=O)(=O)Cl)cc1Cl)C1CC1. The van der Waals surface area contributed by atoms with Crippen molar-refractivity contribution in [2.45, 2.75) is 23.8 Å². The summed E-state index contributed by atoms with van der Waals surface area (Å²) >= 11 is 11.7. The third-order valence-corrected chi connectivity index (χ3v) is 5.17. The molecule has 9 heteroatoms. The minimum absolute atomic E-state index is 0.0144. The molecule has 0 saturated heterocycles. The Labute approximate surface area is 137 Å². The van der Waals surface area contributed by atoms with E-state index in [2.05, 4.69) is 0 Å². The van der Waals surface area contributed by atoms with Crippen LogP contribution in [0.15, 0.2) is 17.0 Å². The minimum atomic E-state index is -4.00. The van der Waals surface area contributed by atoms with Gasteiger partial charge in [0.05, 0.1) is 10.0 Å². The summed E-state index contributed by atoms with van der Waals surface area (Å²) < 4.78 is 27.9. The van der Waals surface area contributed by atoms with E-state index in [-0.39, 0.29) is 39.2 Å². The quantitative estimate of drug-likeness (QED) is 0.746. The van der Waals surface area contributed by atoms with E-state index in [1.54, 1.807) is 11.9 Å². The number of nitrogens with zero attached hydrogens (tertiary/aromatic N) is 1. The smallest absolute Gasteiger partial charge is 0.262 e. The van der Waals surface area contributed by atoms with Crippen LogP contribution in [0.1, 0.15) is 12.8 Å². The average Bonchev–Trinajstić information content (AvgIpc) is 3.21. The van der Waals surface area contributed by atoms with Crippen molar-refractivity contribution in [2.24, 2.45) is 0 Å². The lowest BCUT2D eigenvalue weighted by Gasteiger charge is -2.17. The van der Waals surface area contributed by atoms with E-state index in [0.717, 1.165) is 18.9 Å². The van der Waals surface area contributed by atoms with E-state index in [1.165, 1.54) is 6.07 Å². The number of amides is 1. The Kier molecular flexibility index (Phi) is 4.92. The molecule has 1 aliphatic rings. The molecule has 1 amide bonds. The number of likely N-dealkylation sites (N-methyl/N-ethyl adjacent to an activating group) is 1. The van der Waals surface area contributed by atoms with Gasteiger partial charge in [-0.3, -0.25) is 4.79 Å². The summed E-state index contributed by atoms with van der Waals surface area (Å²) in [5.41, 5.74) is 0. The third kappa shape index (κ3) is 4.16. The standard InChI is InChI=1S/C12H12Cl3NO4S/c1-16(7-2-3-7)12(17)6-20-10-4-9(14)11(5-8(10)13)21(15,18)19/h4-5,7H,2-3,6H2,1H3. The Morgan fingerprint density at radius 1 is 1.33 bits per heavy atom. The molecule has 0 atom stereocenters. The molecule has 1 fully saturated rings. The van der Waals surface area contributed by atoms with Crippen LogP contribution < -0.4 is 4.74 Å². The van der Waals surface area contributed by atoms with Crippen LogP contribution in [0, 0.1) is 0 Å². The third-order valence-electron chi connectivity index (χ3n) is 3.09. The average molecular weight is 373 g/mol. The molecule has 116 valence electrons. The normalized spacial score (nSPS) is 14.9. The van der Waals surface area contributed by atoms with Crippen LogP contribution in [0.2, 0.25) is 10.0 Å². The van der Waals surface area contributed by atoms with Gasteiger partial charge in [0.2, 0.25) is 0 Å². The Morgan fingerprint density at radius 3 is 2.48 bits per heavy atom. The molecule has 0 unspecified atom stereocenters. The summed E-state index contributed by atoms with van der Waals surface area (Å²) in [6.07, 6.45) is 1.99. The Balaban J connectivity index is 2.10. The van der Waals surface area contributed by atoms with Gasteiger partial charge < -0.3 is 9.64 Å². The fourth-order valence-electron chi connectivity index (χ4n) is 1.71. The van der Waals surface area contributed by atoms with Gasteiger partial charge in [-0.05, 0) is 18.9 Å². The molecule has 1 aromatic carbocycles. The number of benzene rings is 1. The number of carbonyl (C=O) groups excluding carboxylic acids is 1. The Morgan fingerprint density at radius 2 is 1.95 bits per heavy atom. The van der Waals surface area contributed by atoms with Crippen LogP contribution >= 0.6 is 33.9 Å². The van der Waals surface area contributed by atoms with Crippen molar-refractivity contribution in [1.82, 2.24) is 4.90 Å². The predicted molar refractivity (Wildman–Crippen MR) is 80.8 cm³/mol. The van der Waals surface area contributed by atoms with Crippen molar-refractivity contribution in [3.05, 3.63) is 22.2 Å². The van der Waals surface area contributed by atoms with Gasteiger partial charge in [0.15, 0.2) is 6.61 Å². The molecule has 0 N–H and O–H groups in total. The molecule has 1 aromatic rings. The maximum absolute atomic E-state index is 11.8. The molecule has 0 radical (unpaired) electrons. The van der Waals surface area contributed by atoms with Crippen LogP contribution in [0.25, 0.3) is 0 Å². The summed E-state index contributed by atoms with van der Waals surface area (Å²) in [5, 5.41) is -0.104. The lowest BCUT2D eigenvalue weighted by atomic mass is 10.3. The maximum atomic E-state index is 11.8. The molecule has 0 aromatic heterocycles. The highest BCUT2D eigenvalue weighted by Gasteiger charge is 2.29. The van der Waals surface area contributed by atoms with Crippen molar-refractivity contribution >= 4 is 48.8 Å². The molecule has 0 bridgehead atoms. The number of hydrogen-bond donors (Lipinski definition) is 0. The lowest BCUT2D eigenvalue weighted by molar-refractivity contribution is -0.132. The van der Waals surface area contributed by atoms with E-state index in [1.807, 2.05) is 0 Å². The number of halogens is 3. The van der Waals surface area contributed by atoms with Crippen molar-refractivity contribution in [2.75, 3.05) is 13.7 Å². The van der Waals surface area contributed by atoms with Crippen molar-refractivity contribution in [3.63, 3.8) is 0 Å². The Bertz CT molecular complexity index is 673. The van der Waals surface area contributed by atoms with Crippen LogP contribution in [-0.2, 0) is 13.8 Å². The van der Waals surface area contributed by atoms with E-state index < -0.39 is 9.05 Å². The molecule has 0 heterocycles. The second-order valence-corrected chi connectivity index (χ2v) is 8.02. The van der Waals surface area contributed by atoms with Gasteiger partial charge in [-0.15, -0.1) is 0 Å². The molecule has 5 nitrogen and oxygen atoms in total. The van der Waals surface area contributed by atoms with Gasteiger partial charge in [-0.25, -0.2) is 8.42 Å². The topological polar surface area (TPSA) is 63.7 Å². The van der Waals surface area contributed by atoms with Gasteiger partial charge in [-0.2, -0.15) is 0 Å². The molecular weight excluding hydrogens is 361 g/mol. The fourth-order valence-corrected chi connectivity index (χ4v) is 3.51. The van der Waals surface area contributed by atoms with Gasteiger partial charge in [-0.1, -0.05) is 23.2 Å². The lowest BCUT2D eigenvalue weighted by Crippen LogP contribution is -2.33. The van der Waals surface area contributed by atoms with Gasteiger partial charge >= 0.3 is 0 Å². The molecule has 1 aliphatic carbocycles. The summed E-state index contributed by atoms with van der Waals surface area (Å²) in [4.78, 5) is 13.1. The first kappa shape index (κ1) is 16.7. The van der Waals surface area contributed by atoms with Gasteiger partial charge in [0.1, 0.15) is 10.6 Å². The second kappa shape index (κ2) is 6.20. The van der Waals surface area contributed by atoms with Crippen LogP contribution in [-0.4, -0.2) is 38.9 Å². The molecule has 2 rings (SSSR count). The van der Waals surface area contributed by atoms with E-state index in [4.69, 9.17) is 38.6 Å². The zero-order chi connectivity index (χ0) is 15.8. The zero-order valence-electron chi connectivity index (χ0n) is 11.0. The van der Waals surface area contributed by atoms with Gasteiger partial charge in [0, 0.05) is 29.8 Å². The minimum Gasteiger partial charge on any atom is -0.482 e. The zero-order valence-corrected chi connectivity index (χ0v) is 14.1. The maximum Gasteiger partial charge on any atom is 0.262 e. The second-order valence-electron chi connectivity index (χ2n) is 4.68. The van der Waals surface area contributed by atoms with Crippen molar-refractivity contribution in [1.29, 1.82) is 0 Å². The molecule has 0 aliphatic heterocycles. The van der Waals surface area contributed by atoms with E-state index in [0.29, 0.717) is 0 Å². The first-order valence-corrected chi connectivity index (χ1v) is 9.09. The highest BCUT2D eigenvalue weighted by atomic mass is 35.7. The number of ether oxygens (including phenoxy) is 1. The summed E-state index contributed by atoms with van der Waals surface area (Å²) in [7, 11) is 2.94. The first-order valence-electron chi connectivity index (χ1n) is 6.02. The van der Waals surface area contributed by atoms with Crippen molar-refractivity contribution in [3.8, 4) is 5.75 Å². The molecular formula is C12H12Cl3NO4S. The van der Waals surface area contributed by atoms with E-state index >= 15 is 0 Å². The molecule has 1 saturated carbocycles. The monoisotopic (exact) mass is 371 g/mol. The van der Waals surface area contributed by atoms with E-state index in [9.17, 15) is 13.2 Å². The number of carbonyl (C=O) groups is 1. The molecule has 0 spiro atoms. The fraction of sp³-hybridized carbons (Fsp3) is 0.417. The Hall–Kier alpha value is -0.690. The molecule has 21 heavy (non-hydrogen) atoms. The summed E-state index contributed by atoms with van der Waals surface area (Å²) in [5.74, 6) is -0.0537.